The standard InChI is InChI=1S/C12H16ClFN2O/c1-7-5-10(13)9(6-11(7)14)12(17)16-8(2)3-4-15/h5-6,8H,3-4,15H2,1-2H3,(H,16,17). The Morgan fingerprint density at radius 3 is 2.82 bits per heavy atom. The first-order valence-corrected chi connectivity index (χ1v) is 5.80. The summed E-state index contributed by atoms with van der Waals surface area (Å²) in [6.07, 6.45) is 0.664. The van der Waals surface area contributed by atoms with Gasteiger partial charge in [-0.05, 0) is 44.5 Å². The van der Waals surface area contributed by atoms with Crippen LogP contribution in [0, 0.1) is 12.7 Å². The summed E-state index contributed by atoms with van der Waals surface area (Å²) >= 11 is 5.90. The van der Waals surface area contributed by atoms with E-state index in [9.17, 15) is 9.18 Å². The van der Waals surface area contributed by atoms with E-state index in [-0.39, 0.29) is 22.5 Å². The van der Waals surface area contributed by atoms with Gasteiger partial charge < -0.3 is 11.1 Å². The topological polar surface area (TPSA) is 55.1 Å². The van der Waals surface area contributed by atoms with E-state index in [4.69, 9.17) is 17.3 Å². The van der Waals surface area contributed by atoms with Crippen molar-refractivity contribution in [1.29, 1.82) is 0 Å². The smallest absolute Gasteiger partial charge is 0.253 e. The molecule has 3 nitrogen and oxygen atoms in total. The van der Waals surface area contributed by atoms with E-state index < -0.39 is 5.82 Å². The summed E-state index contributed by atoms with van der Waals surface area (Å²) in [6.45, 7) is 3.92. The Morgan fingerprint density at radius 1 is 1.59 bits per heavy atom. The zero-order chi connectivity index (χ0) is 13.0. The van der Waals surface area contributed by atoms with E-state index in [1.54, 1.807) is 6.92 Å². The molecule has 1 unspecified atom stereocenters. The van der Waals surface area contributed by atoms with Crippen molar-refractivity contribution in [2.45, 2.75) is 26.3 Å². The zero-order valence-corrected chi connectivity index (χ0v) is 10.6. The molecule has 1 amide bonds. The second kappa shape index (κ2) is 5.98. The number of nitrogens with two attached hydrogens (primary N) is 1. The number of benzene rings is 1. The quantitative estimate of drug-likeness (QED) is 0.870. The van der Waals surface area contributed by atoms with E-state index in [1.807, 2.05) is 6.92 Å². The van der Waals surface area contributed by atoms with Crippen molar-refractivity contribution < 1.29 is 9.18 Å². The number of amides is 1. The number of hydrogen-bond donors (Lipinski definition) is 2. The molecule has 0 spiro atoms. The van der Waals surface area contributed by atoms with Gasteiger partial charge in [0.2, 0.25) is 0 Å². The van der Waals surface area contributed by atoms with E-state index in [0.717, 1.165) is 6.07 Å². The molecular weight excluding hydrogens is 243 g/mol. The van der Waals surface area contributed by atoms with Gasteiger partial charge in [0.1, 0.15) is 5.82 Å². The highest BCUT2D eigenvalue weighted by Gasteiger charge is 2.15. The minimum atomic E-state index is -0.439. The van der Waals surface area contributed by atoms with Crippen LogP contribution in [0.4, 0.5) is 4.39 Å². The van der Waals surface area contributed by atoms with Gasteiger partial charge in [0.15, 0.2) is 0 Å². The molecule has 1 atom stereocenters. The van der Waals surface area contributed by atoms with Crippen LogP contribution in [0.1, 0.15) is 29.3 Å². The predicted molar refractivity (Wildman–Crippen MR) is 66.7 cm³/mol. The third-order valence-electron chi connectivity index (χ3n) is 2.47. The van der Waals surface area contributed by atoms with Gasteiger partial charge in [-0.25, -0.2) is 4.39 Å². The van der Waals surface area contributed by atoms with Gasteiger partial charge in [0.05, 0.1) is 10.6 Å². The van der Waals surface area contributed by atoms with Crippen LogP contribution < -0.4 is 11.1 Å². The molecule has 3 N–H and O–H groups in total. The minimum Gasteiger partial charge on any atom is -0.349 e. The molecule has 0 radical (unpaired) electrons. The van der Waals surface area contributed by atoms with Crippen LogP contribution in [0.15, 0.2) is 12.1 Å². The predicted octanol–water partition coefficient (Wildman–Crippen LogP) is 2.25. The van der Waals surface area contributed by atoms with E-state index in [1.165, 1.54) is 6.07 Å². The van der Waals surface area contributed by atoms with Gasteiger partial charge in [-0.2, -0.15) is 0 Å². The first-order valence-electron chi connectivity index (χ1n) is 5.42. The fourth-order valence-electron chi connectivity index (χ4n) is 1.44. The van der Waals surface area contributed by atoms with Gasteiger partial charge in [-0.1, -0.05) is 11.6 Å². The third-order valence-corrected chi connectivity index (χ3v) is 2.78. The molecule has 1 aromatic carbocycles. The molecule has 0 aliphatic carbocycles. The molecule has 0 fully saturated rings. The van der Waals surface area contributed by atoms with Crippen LogP contribution in [0.2, 0.25) is 5.02 Å². The average molecular weight is 259 g/mol. The average Bonchev–Trinajstić information content (AvgIpc) is 2.23. The zero-order valence-electron chi connectivity index (χ0n) is 9.89. The van der Waals surface area contributed by atoms with Crippen molar-refractivity contribution >= 4 is 17.5 Å². The maximum atomic E-state index is 13.3. The molecule has 5 heteroatoms. The molecule has 1 rings (SSSR count). The van der Waals surface area contributed by atoms with Crippen molar-refractivity contribution in [3.63, 3.8) is 0 Å². The highest BCUT2D eigenvalue weighted by Crippen LogP contribution is 2.20. The summed E-state index contributed by atoms with van der Waals surface area (Å²) in [5, 5.41) is 2.97. The van der Waals surface area contributed by atoms with Gasteiger partial charge in [0, 0.05) is 6.04 Å². The van der Waals surface area contributed by atoms with Crippen molar-refractivity contribution in [3.05, 3.63) is 34.1 Å². The summed E-state index contributed by atoms with van der Waals surface area (Å²) in [5.74, 6) is -0.819. The fourth-order valence-corrected chi connectivity index (χ4v) is 1.75. The Labute approximate surface area is 105 Å². The molecule has 94 valence electrons. The monoisotopic (exact) mass is 258 g/mol. The molecule has 1 aromatic rings. The molecule has 0 aliphatic heterocycles. The van der Waals surface area contributed by atoms with E-state index in [2.05, 4.69) is 5.32 Å². The lowest BCUT2D eigenvalue weighted by Gasteiger charge is -2.13. The molecule has 0 saturated heterocycles. The van der Waals surface area contributed by atoms with Gasteiger partial charge in [-0.15, -0.1) is 0 Å². The second-order valence-corrected chi connectivity index (χ2v) is 4.44. The molecule has 0 saturated carbocycles. The number of nitrogens with one attached hydrogen (secondary N) is 1. The first kappa shape index (κ1) is 13.9. The Hall–Kier alpha value is -1.13. The van der Waals surface area contributed by atoms with E-state index in [0.29, 0.717) is 18.5 Å². The number of rotatable bonds is 4. The van der Waals surface area contributed by atoms with Crippen molar-refractivity contribution in [1.82, 2.24) is 5.32 Å². The van der Waals surface area contributed by atoms with Crippen molar-refractivity contribution in [3.8, 4) is 0 Å². The maximum absolute atomic E-state index is 13.3. The minimum absolute atomic E-state index is 0.0621. The second-order valence-electron chi connectivity index (χ2n) is 4.03. The Morgan fingerprint density at radius 2 is 2.24 bits per heavy atom. The Kier molecular flexibility index (Phi) is 4.90. The number of halogens is 2. The molecule has 0 bridgehead atoms. The molecule has 0 aliphatic rings. The van der Waals surface area contributed by atoms with Gasteiger partial charge in [-0.3, -0.25) is 4.79 Å². The summed E-state index contributed by atoms with van der Waals surface area (Å²) in [6, 6.07) is 2.54. The summed E-state index contributed by atoms with van der Waals surface area (Å²) in [5.41, 5.74) is 5.95. The highest BCUT2D eigenvalue weighted by molar-refractivity contribution is 6.33. The lowest BCUT2D eigenvalue weighted by Crippen LogP contribution is -2.34. The number of carbonyl (C=O) groups excluding carboxylic acids is 1. The van der Waals surface area contributed by atoms with Crippen LogP contribution in [-0.2, 0) is 0 Å². The molecule has 0 aromatic heterocycles. The largest absolute Gasteiger partial charge is 0.349 e. The lowest BCUT2D eigenvalue weighted by atomic mass is 10.1. The summed E-state index contributed by atoms with van der Waals surface area (Å²) in [4.78, 5) is 11.8. The SMILES string of the molecule is Cc1cc(Cl)c(C(=O)NC(C)CCN)cc1F. The summed E-state index contributed by atoms with van der Waals surface area (Å²) in [7, 11) is 0. The van der Waals surface area contributed by atoms with Crippen molar-refractivity contribution in [2.75, 3.05) is 6.54 Å². The number of aryl methyl sites for hydroxylation is 1. The molecule has 17 heavy (non-hydrogen) atoms. The van der Waals surface area contributed by atoms with Crippen molar-refractivity contribution in [2.24, 2.45) is 5.73 Å². The van der Waals surface area contributed by atoms with Crippen LogP contribution in [0.5, 0.6) is 0 Å². The van der Waals surface area contributed by atoms with Gasteiger partial charge in [0.25, 0.3) is 5.91 Å². The molecule has 0 heterocycles. The Balaban J connectivity index is 2.86. The highest BCUT2D eigenvalue weighted by atomic mass is 35.5. The normalized spacial score (nSPS) is 12.3. The maximum Gasteiger partial charge on any atom is 0.253 e. The fraction of sp³-hybridized carbons (Fsp3) is 0.417. The van der Waals surface area contributed by atoms with E-state index >= 15 is 0 Å². The lowest BCUT2D eigenvalue weighted by molar-refractivity contribution is 0.0938. The summed E-state index contributed by atoms with van der Waals surface area (Å²) < 4.78 is 13.3. The number of hydrogen-bond acceptors (Lipinski definition) is 2. The molecular formula is C12H16ClFN2O. The third kappa shape index (κ3) is 3.68. The van der Waals surface area contributed by atoms with Crippen LogP contribution in [0.25, 0.3) is 0 Å². The first-order chi connectivity index (χ1) is 7.95. The van der Waals surface area contributed by atoms with Gasteiger partial charge >= 0.3 is 0 Å². The number of carbonyl (C=O) groups is 1. The van der Waals surface area contributed by atoms with Crippen LogP contribution in [0.3, 0.4) is 0 Å². The van der Waals surface area contributed by atoms with Crippen LogP contribution in [-0.4, -0.2) is 18.5 Å². The van der Waals surface area contributed by atoms with Crippen LogP contribution >= 0.6 is 11.6 Å². The Bertz CT molecular complexity index is 423.